The van der Waals surface area contributed by atoms with Gasteiger partial charge in [0.05, 0.1) is 0 Å². The summed E-state index contributed by atoms with van der Waals surface area (Å²) in [7, 11) is 0. The van der Waals surface area contributed by atoms with E-state index in [4.69, 9.17) is 10.00 Å². The number of nitriles is 1. The second kappa shape index (κ2) is 10.4. The van der Waals surface area contributed by atoms with Crippen molar-refractivity contribution in [1.29, 1.82) is 5.26 Å². The van der Waals surface area contributed by atoms with Crippen LogP contribution in [0.5, 0.6) is 0 Å². The molecule has 7 nitrogen and oxygen atoms in total. The van der Waals surface area contributed by atoms with Crippen LogP contribution in [0.2, 0.25) is 0 Å². The van der Waals surface area contributed by atoms with Gasteiger partial charge >= 0.3 is 5.97 Å². The number of amides is 1. The van der Waals surface area contributed by atoms with Crippen LogP contribution in [0.3, 0.4) is 0 Å². The number of benzene rings is 1. The number of rotatable bonds is 8. The van der Waals surface area contributed by atoms with Gasteiger partial charge in [-0.05, 0) is 61.4 Å². The number of anilines is 1. The number of nitrogens with zero attached hydrogens (tertiary/aromatic N) is 1. The van der Waals surface area contributed by atoms with Crippen LogP contribution in [-0.4, -0.2) is 23.5 Å². The summed E-state index contributed by atoms with van der Waals surface area (Å²) in [5.74, 6) is -0.488. The molecule has 2 rings (SSSR count). The van der Waals surface area contributed by atoms with Gasteiger partial charge in [-0.1, -0.05) is 26.0 Å². The van der Waals surface area contributed by atoms with Crippen molar-refractivity contribution in [2.45, 2.75) is 52.9 Å². The number of H-pyrrole nitrogens is 1. The third-order valence-electron chi connectivity index (χ3n) is 5.24. The van der Waals surface area contributed by atoms with Gasteiger partial charge in [-0.15, -0.1) is 0 Å². The van der Waals surface area contributed by atoms with Crippen molar-refractivity contribution in [3.8, 4) is 6.07 Å². The van der Waals surface area contributed by atoms with Crippen LogP contribution >= 0.6 is 0 Å². The maximum atomic E-state index is 12.0. The highest BCUT2D eigenvalue weighted by Gasteiger charge is 2.15. The number of ether oxygens (including phenoxy) is 1. The van der Waals surface area contributed by atoms with Gasteiger partial charge in [0.25, 0.3) is 11.5 Å². The number of hydrogen-bond acceptors (Lipinski definition) is 5. The average molecular weight is 409 g/mol. The SMILES string of the molecule is CC[C@H](C)c1ccc(NC(=O)COC(=O)CCc2c(C)[nH]c(=O)c(C#N)c2C)cc1. The van der Waals surface area contributed by atoms with E-state index >= 15 is 0 Å². The predicted octanol–water partition coefficient (Wildman–Crippen LogP) is 3.49. The monoisotopic (exact) mass is 409 g/mol. The zero-order valence-corrected chi connectivity index (χ0v) is 17.8. The van der Waals surface area contributed by atoms with E-state index in [2.05, 4.69) is 24.1 Å². The van der Waals surface area contributed by atoms with Gasteiger partial charge in [-0.2, -0.15) is 5.26 Å². The van der Waals surface area contributed by atoms with E-state index < -0.39 is 17.4 Å². The van der Waals surface area contributed by atoms with E-state index in [0.717, 1.165) is 12.0 Å². The quantitative estimate of drug-likeness (QED) is 0.648. The zero-order chi connectivity index (χ0) is 22.3. The first-order valence-corrected chi connectivity index (χ1v) is 9.94. The highest BCUT2D eigenvalue weighted by atomic mass is 16.5. The molecule has 1 atom stereocenters. The summed E-state index contributed by atoms with van der Waals surface area (Å²) in [5, 5.41) is 11.8. The number of aromatic nitrogens is 1. The minimum absolute atomic E-state index is 0.0372. The third kappa shape index (κ3) is 5.80. The van der Waals surface area contributed by atoms with Crippen molar-refractivity contribution in [3.63, 3.8) is 0 Å². The van der Waals surface area contributed by atoms with Crippen LogP contribution in [-0.2, 0) is 20.7 Å². The summed E-state index contributed by atoms with van der Waals surface area (Å²) < 4.78 is 5.05. The van der Waals surface area contributed by atoms with E-state index in [9.17, 15) is 14.4 Å². The van der Waals surface area contributed by atoms with Crippen molar-refractivity contribution in [2.24, 2.45) is 0 Å². The molecule has 1 heterocycles. The number of aromatic amines is 1. The molecule has 2 aromatic rings. The Bertz CT molecular complexity index is 1020. The van der Waals surface area contributed by atoms with Crippen molar-refractivity contribution < 1.29 is 14.3 Å². The molecule has 0 aliphatic carbocycles. The highest BCUT2D eigenvalue weighted by Crippen LogP contribution is 2.20. The van der Waals surface area contributed by atoms with Crippen LogP contribution < -0.4 is 10.9 Å². The third-order valence-corrected chi connectivity index (χ3v) is 5.24. The molecule has 30 heavy (non-hydrogen) atoms. The summed E-state index contributed by atoms with van der Waals surface area (Å²) in [6.45, 7) is 7.29. The number of hydrogen-bond donors (Lipinski definition) is 2. The normalized spacial score (nSPS) is 11.4. The van der Waals surface area contributed by atoms with Crippen LogP contribution in [0.15, 0.2) is 29.1 Å². The van der Waals surface area contributed by atoms with Gasteiger partial charge in [0.2, 0.25) is 0 Å². The molecule has 7 heteroatoms. The maximum Gasteiger partial charge on any atom is 0.306 e. The molecule has 158 valence electrons. The molecule has 0 fully saturated rings. The van der Waals surface area contributed by atoms with Crippen molar-refractivity contribution in [1.82, 2.24) is 4.98 Å². The minimum Gasteiger partial charge on any atom is -0.456 e. The first-order valence-electron chi connectivity index (χ1n) is 9.94. The fourth-order valence-electron chi connectivity index (χ4n) is 3.19. The lowest BCUT2D eigenvalue weighted by atomic mass is 9.99. The molecule has 0 saturated heterocycles. The lowest BCUT2D eigenvalue weighted by molar-refractivity contribution is -0.147. The van der Waals surface area contributed by atoms with E-state index in [1.54, 1.807) is 13.8 Å². The fourth-order valence-corrected chi connectivity index (χ4v) is 3.19. The molecule has 0 spiro atoms. The zero-order valence-electron chi connectivity index (χ0n) is 17.8. The second-order valence-corrected chi connectivity index (χ2v) is 7.31. The smallest absolute Gasteiger partial charge is 0.306 e. The number of esters is 1. The lowest BCUT2D eigenvalue weighted by Gasteiger charge is -2.11. The number of nitrogens with one attached hydrogen (secondary N) is 2. The Balaban J connectivity index is 1.86. The Morgan fingerprint density at radius 1 is 1.23 bits per heavy atom. The van der Waals surface area contributed by atoms with E-state index in [-0.39, 0.29) is 18.6 Å². The van der Waals surface area contributed by atoms with E-state index in [1.807, 2.05) is 30.3 Å². The van der Waals surface area contributed by atoms with Crippen LogP contribution in [0.4, 0.5) is 5.69 Å². The Hall–Kier alpha value is -3.40. The summed E-state index contributed by atoms with van der Waals surface area (Å²) in [5.41, 5.74) is 3.36. The topological polar surface area (TPSA) is 112 Å². The molecule has 1 amide bonds. The molecule has 0 aliphatic rings. The van der Waals surface area contributed by atoms with Gasteiger partial charge in [0.1, 0.15) is 11.6 Å². The number of pyridine rings is 1. The molecular formula is C23H27N3O4. The van der Waals surface area contributed by atoms with Gasteiger partial charge in [0.15, 0.2) is 6.61 Å². The summed E-state index contributed by atoms with van der Waals surface area (Å²) in [6, 6.07) is 9.48. The first-order chi connectivity index (χ1) is 14.3. The summed E-state index contributed by atoms with van der Waals surface area (Å²) in [4.78, 5) is 38.4. The largest absolute Gasteiger partial charge is 0.456 e. The molecular weight excluding hydrogens is 382 g/mol. The molecule has 0 bridgehead atoms. The van der Waals surface area contributed by atoms with Crippen LogP contribution in [0, 0.1) is 25.2 Å². The Morgan fingerprint density at radius 3 is 2.50 bits per heavy atom. The molecule has 0 saturated carbocycles. The van der Waals surface area contributed by atoms with Crippen molar-refractivity contribution in [3.05, 3.63) is 62.6 Å². The van der Waals surface area contributed by atoms with Crippen LogP contribution in [0.25, 0.3) is 0 Å². The predicted molar refractivity (Wildman–Crippen MR) is 114 cm³/mol. The highest BCUT2D eigenvalue weighted by molar-refractivity contribution is 5.92. The lowest BCUT2D eigenvalue weighted by Crippen LogP contribution is -2.21. The minimum atomic E-state index is -0.527. The molecule has 1 aromatic carbocycles. The van der Waals surface area contributed by atoms with E-state index in [1.165, 1.54) is 5.56 Å². The standard InChI is InChI=1S/C23H27N3O4/c1-5-14(2)17-6-8-18(9-7-17)26-21(27)13-30-22(28)11-10-19-15(3)20(12-24)23(29)25-16(19)4/h6-9,14H,5,10-11,13H2,1-4H3,(H,25,29)(H,26,27)/t14-/m0/s1. The van der Waals surface area contributed by atoms with Crippen molar-refractivity contribution >= 4 is 17.6 Å². The number of aryl methyl sites for hydroxylation is 1. The summed E-state index contributed by atoms with van der Waals surface area (Å²) in [6.07, 6.45) is 1.38. The molecule has 1 aromatic heterocycles. The van der Waals surface area contributed by atoms with Crippen molar-refractivity contribution in [2.75, 3.05) is 11.9 Å². The molecule has 0 radical (unpaired) electrons. The first kappa shape index (κ1) is 22.9. The average Bonchev–Trinajstić information content (AvgIpc) is 2.72. The molecule has 0 aliphatic heterocycles. The van der Waals surface area contributed by atoms with Crippen LogP contribution in [0.1, 0.15) is 60.6 Å². The second-order valence-electron chi connectivity index (χ2n) is 7.31. The number of carbonyl (C=O) groups excluding carboxylic acids is 2. The van der Waals surface area contributed by atoms with Gasteiger partial charge in [-0.3, -0.25) is 14.4 Å². The maximum absolute atomic E-state index is 12.0. The Morgan fingerprint density at radius 2 is 1.90 bits per heavy atom. The molecule has 0 unspecified atom stereocenters. The Kier molecular flexibility index (Phi) is 7.93. The molecule has 2 N–H and O–H groups in total. The summed E-state index contributed by atoms with van der Waals surface area (Å²) >= 11 is 0. The Labute approximate surface area is 176 Å². The van der Waals surface area contributed by atoms with Gasteiger partial charge < -0.3 is 15.0 Å². The van der Waals surface area contributed by atoms with Gasteiger partial charge in [-0.25, -0.2) is 0 Å². The fraction of sp³-hybridized carbons (Fsp3) is 0.391. The number of carbonyl (C=O) groups is 2. The van der Waals surface area contributed by atoms with E-state index in [0.29, 0.717) is 29.3 Å². The van der Waals surface area contributed by atoms with Gasteiger partial charge in [0, 0.05) is 17.8 Å².